The van der Waals surface area contributed by atoms with Gasteiger partial charge in [0.1, 0.15) is 0 Å². The smallest absolute Gasteiger partial charge is 0.314 e. The van der Waals surface area contributed by atoms with Gasteiger partial charge in [0.25, 0.3) is 0 Å². The Kier molecular flexibility index (Phi) is 5.47. The summed E-state index contributed by atoms with van der Waals surface area (Å²) in [4.78, 5) is 11.6. The Hall–Kier alpha value is -1.04. The van der Waals surface area contributed by atoms with Crippen LogP contribution in [0, 0.1) is 10.5 Å². The van der Waals surface area contributed by atoms with Crippen LogP contribution in [-0.4, -0.2) is 6.03 Å². The Balaban J connectivity index is 2.62. The minimum absolute atomic E-state index is 0.206. The normalized spacial score (nSPS) is 11.2. The van der Waals surface area contributed by atoms with Gasteiger partial charge in [-0.15, -0.1) is 0 Å². The van der Waals surface area contributed by atoms with Crippen LogP contribution in [0.4, 0.5) is 10.5 Å². The highest BCUT2D eigenvalue weighted by atomic mass is 127. The van der Waals surface area contributed by atoms with Gasteiger partial charge in [-0.3, -0.25) is 0 Å². The molecule has 1 aromatic carbocycles. The van der Waals surface area contributed by atoms with E-state index in [1.807, 2.05) is 32.0 Å². The molecule has 1 rings (SSSR count). The molecule has 4 heteroatoms. The molecule has 0 radical (unpaired) electrons. The van der Waals surface area contributed by atoms with E-state index in [1.165, 1.54) is 0 Å². The Morgan fingerprint density at radius 1 is 1.47 bits per heavy atom. The van der Waals surface area contributed by atoms with Gasteiger partial charge in [-0.05, 0) is 66.6 Å². The number of hydrogen-bond acceptors (Lipinski definition) is 1. The maximum Gasteiger partial charge on any atom is 0.323 e. The number of hydrogen-bond donors (Lipinski definition) is 2. The molecule has 0 atom stereocenters. The zero-order valence-electron chi connectivity index (χ0n) is 10.3. The van der Waals surface area contributed by atoms with E-state index in [-0.39, 0.29) is 6.03 Å². The van der Waals surface area contributed by atoms with E-state index in [9.17, 15) is 4.79 Å². The number of allylic oxidation sites excluding steroid dienone is 1. The maximum atomic E-state index is 11.6. The minimum Gasteiger partial charge on any atom is -0.314 e. The fraction of sp³-hybridized carbons (Fsp3) is 0.308. The lowest BCUT2D eigenvalue weighted by atomic mass is 10.2. The van der Waals surface area contributed by atoms with E-state index in [0.29, 0.717) is 0 Å². The predicted molar refractivity (Wildman–Crippen MR) is 80.1 cm³/mol. The second kappa shape index (κ2) is 6.64. The number of amides is 2. The lowest BCUT2D eigenvalue weighted by Gasteiger charge is -2.08. The highest BCUT2D eigenvalue weighted by molar-refractivity contribution is 14.1. The average Bonchev–Trinajstić information content (AvgIpc) is 2.29. The van der Waals surface area contributed by atoms with Gasteiger partial charge in [-0.2, -0.15) is 0 Å². The quantitative estimate of drug-likeness (QED) is 0.799. The number of carbonyl (C=O) groups is 1. The molecule has 0 aliphatic carbocycles. The van der Waals surface area contributed by atoms with Crippen molar-refractivity contribution in [1.82, 2.24) is 5.32 Å². The van der Waals surface area contributed by atoms with Gasteiger partial charge in [0.05, 0.1) is 0 Å². The summed E-state index contributed by atoms with van der Waals surface area (Å²) < 4.78 is 1.16. The van der Waals surface area contributed by atoms with Gasteiger partial charge in [-0.1, -0.05) is 12.5 Å². The summed E-state index contributed by atoms with van der Waals surface area (Å²) in [5.41, 5.74) is 3.04. The topological polar surface area (TPSA) is 41.1 Å². The summed E-state index contributed by atoms with van der Waals surface area (Å²) in [6.45, 7) is 6.01. The lowest BCUT2D eigenvalue weighted by molar-refractivity contribution is 0.255. The second-order valence-corrected chi connectivity index (χ2v) is 5.15. The number of anilines is 1. The van der Waals surface area contributed by atoms with Crippen LogP contribution in [0.2, 0.25) is 0 Å². The third-order valence-corrected chi connectivity index (χ3v) is 3.11. The van der Waals surface area contributed by atoms with Crippen LogP contribution >= 0.6 is 22.6 Å². The zero-order chi connectivity index (χ0) is 12.8. The fourth-order valence-corrected chi connectivity index (χ4v) is 1.86. The number of urea groups is 1. The predicted octanol–water partition coefficient (Wildman–Crippen LogP) is 4.03. The number of rotatable bonds is 3. The van der Waals surface area contributed by atoms with Crippen LogP contribution in [0.3, 0.4) is 0 Å². The molecule has 1 aromatic rings. The highest BCUT2D eigenvalue weighted by Gasteiger charge is 2.02. The van der Waals surface area contributed by atoms with E-state index in [0.717, 1.165) is 26.8 Å². The number of aryl methyl sites for hydroxylation is 1. The molecule has 17 heavy (non-hydrogen) atoms. The van der Waals surface area contributed by atoms with E-state index in [1.54, 1.807) is 6.20 Å². The monoisotopic (exact) mass is 344 g/mol. The Morgan fingerprint density at radius 3 is 2.76 bits per heavy atom. The third kappa shape index (κ3) is 4.77. The third-order valence-electron chi connectivity index (χ3n) is 2.44. The van der Waals surface area contributed by atoms with Crippen LogP contribution in [-0.2, 0) is 0 Å². The summed E-state index contributed by atoms with van der Waals surface area (Å²) in [6, 6.07) is 5.70. The van der Waals surface area contributed by atoms with Gasteiger partial charge in [0, 0.05) is 15.5 Å². The maximum absolute atomic E-state index is 11.6. The number of benzene rings is 1. The van der Waals surface area contributed by atoms with Gasteiger partial charge in [-0.25, -0.2) is 4.79 Å². The molecule has 0 unspecified atom stereocenters. The van der Waals surface area contributed by atoms with Crippen molar-refractivity contribution in [3.8, 4) is 0 Å². The van der Waals surface area contributed by atoms with E-state index in [2.05, 4.69) is 40.1 Å². The van der Waals surface area contributed by atoms with Crippen molar-refractivity contribution in [2.75, 3.05) is 5.32 Å². The van der Waals surface area contributed by atoms with Gasteiger partial charge in [0.2, 0.25) is 0 Å². The first-order valence-corrected chi connectivity index (χ1v) is 6.60. The van der Waals surface area contributed by atoms with Crippen molar-refractivity contribution < 1.29 is 4.79 Å². The Labute approximate surface area is 116 Å². The molecule has 2 N–H and O–H groups in total. The Bertz CT molecular complexity index is 441. The van der Waals surface area contributed by atoms with E-state index in [4.69, 9.17) is 0 Å². The molecule has 3 nitrogen and oxygen atoms in total. The van der Waals surface area contributed by atoms with Crippen molar-refractivity contribution in [2.45, 2.75) is 27.2 Å². The number of halogens is 1. The average molecular weight is 344 g/mol. The van der Waals surface area contributed by atoms with Crippen molar-refractivity contribution in [3.63, 3.8) is 0 Å². The summed E-state index contributed by atoms with van der Waals surface area (Å²) >= 11 is 2.25. The molecule has 0 saturated carbocycles. The first-order valence-electron chi connectivity index (χ1n) is 5.52. The standard InChI is InChI=1S/C13H17IN2O/c1-4-9(2)8-15-13(17)16-12-6-5-11(14)7-10(12)3/h5-8H,4H2,1-3H3,(H2,15,16,17)/b9-8+. The van der Waals surface area contributed by atoms with E-state index >= 15 is 0 Å². The summed E-state index contributed by atoms with van der Waals surface area (Å²) in [5, 5.41) is 5.53. The molecule has 2 amide bonds. The molecule has 0 aliphatic heterocycles. The minimum atomic E-state index is -0.206. The summed E-state index contributed by atoms with van der Waals surface area (Å²) in [5.74, 6) is 0. The fourth-order valence-electron chi connectivity index (χ4n) is 1.22. The molecule has 0 spiro atoms. The number of carbonyl (C=O) groups excluding carboxylic acids is 1. The summed E-state index contributed by atoms with van der Waals surface area (Å²) in [7, 11) is 0. The van der Waals surface area contributed by atoms with Gasteiger partial charge in [0.15, 0.2) is 0 Å². The second-order valence-electron chi connectivity index (χ2n) is 3.90. The molecule has 0 aliphatic rings. The summed E-state index contributed by atoms with van der Waals surface area (Å²) in [6.07, 6.45) is 2.67. The van der Waals surface area contributed by atoms with Crippen LogP contribution in [0.25, 0.3) is 0 Å². The molecule has 0 heterocycles. The zero-order valence-corrected chi connectivity index (χ0v) is 12.5. The van der Waals surface area contributed by atoms with Crippen LogP contribution in [0.5, 0.6) is 0 Å². The largest absolute Gasteiger partial charge is 0.323 e. The number of nitrogens with one attached hydrogen (secondary N) is 2. The van der Waals surface area contributed by atoms with Crippen LogP contribution in [0.15, 0.2) is 30.0 Å². The van der Waals surface area contributed by atoms with Crippen molar-refractivity contribution in [1.29, 1.82) is 0 Å². The van der Waals surface area contributed by atoms with Crippen LogP contribution < -0.4 is 10.6 Å². The molecule has 0 fully saturated rings. The van der Waals surface area contributed by atoms with Gasteiger partial charge >= 0.3 is 6.03 Å². The molecule has 0 aromatic heterocycles. The van der Waals surface area contributed by atoms with Crippen molar-refractivity contribution >= 4 is 34.3 Å². The van der Waals surface area contributed by atoms with Crippen molar-refractivity contribution in [2.24, 2.45) is 0 Å². The van der Waals surface area contributed by atoms with E-state index < -0.39 is 0 Å². The molecular formula is C13H17IN2O. The van der Waals surface area contributed by atoms with Crippen LogP contribution in [0.1, 0.15) is 25.8 Å². The first kappa shape index (κ1) is 14.0. The van der Waals surface area contributed by atoms with Gasteiger partial charge < -0.3 is 10.6 Å². The first-order chi connectivity index (χ1) is 8.02. The SMILES string of the molecule is CC/C(C)=C/NC(=O)Nc1ccc(I)cc1C. The van der Waals surface area contributed by atoms with Crippen molar-refractivity contribution in [3.05, 3.63) is 39.1 Å². The highest BCUT2D eigenvalue weighted by Crippen LogP contribution is 2.17. The Morgan fingerprint density at radius 2 is 2.18 bits per heavy atom. The molecular weight excluding hydrogens is 327 g/mol. The molecule has 0 bridgehead atoms. The lowest BCUT2D eigenvalue weighted by Crippen LogP contribution is -2.24. The molecule has 92 valence electrons. The molecule has 0 saturated heterocycles.